The number of amidine groups is 1. The van der Waals surface area contributed by atoms with Crippen molar-refractivity contribution in [2.45, 2.75) is 20.3 Å². The lowest BCUT2D eigenvalue weighted by atomic mass is 10.2. The summed E-state index contributed by atoms with van der Waals surface area (Å²) in [5, 5.41) is 7.41. The smallest absolute Gasteiger partial charge is 0.123 e. The van der Waals surface area contributed by atoms with E-state index in [-0.39, 0.29) is 5.84 Å². The molecule has 0 aromatic heterocycles. The molecular weight excluding hydrogens is 266 g/mol. The zero-order chi connectivity index (χ0) is 12.1. The zero-order valence-corrected chi connectivity index (χ0v) is 11.3. The molecule has 0 amide bonds. The van der Waals surface area contributed by atoms with Gasteiger partial charge >= 0.3 is 0 Å². The van der Waals surface area contributed by atoms with E-state index < -0.39 is 0 Å². The molecule has 1 aromatic carbocycles. The maximum absolute atomic E-state index is 7.41. The summed E-state index contributed by atoms with van der Waals surface area (Å²) < 4.78 is 0.882. The van der Waals surface area contributed by atoms with Gasteiger partial charge in [0.25, 0.3) is 0 Å². The second-order valence-electron chi connectivity index (χ2n) is 3.66. The van der Waals surface area contributed by atoms with E-state index in [9.17, 15) is 0 Å². The number of nitrogens with one attached hydrogen (secondary N) is 1. The second-order valence-corrected chi connectivity index (χ2v) is 4.51. The Morgan fingerprint density at radius 2 is 2.12 bits per heavy atom. The van der Waals surface area contributed by atoms with Gasteiger partial charge in [-0.05, 0) is 47.5 Å². The Kier molecular flexibility index (Phi) is 4.80. The van der Waals surface area contributed by atoms with Crippen LogP contribution >= 0.6 is 15.9 Å². The van der Waals surface area contributed by atoms with Gasteiger partial charge in [0, 0.05) is 28.8 Å². The van der Waals surface area contributed by atoms with E-state index in [0.29, 0.717) is 0 Å². The molecule has 4 heteroatoms. The molecule has 0 aliphatic heterocycles. The zero-order valence-electron chi connectivity index (χ0n) is 9.76. The van der Waals surface area contributed by atoms with Crippen molar-refractivity contribution in [2.75, 3.05) is 18.0 Å². The molecule has 16 heavy (non-hydrogen) atoms. The molecule has 0 atom stereocenters. The lowest BCUT2D eigenvalue weighted by Gasteiger charge is -2.23. The molecule has 0 fully saturated rings. The minimum Gasteiger partial charge on any atom is -0.384 e. The van der Waals surface area contributed by atoms with Crippen LogP contribution in [-0.2, 0) is 0 Å². The van der Waals surface area contributed by atoms with Gasteiger partial charge in [0.1, 0.15) is 5.84 Å². The highest BCUT2D eigenvalue weighted by Gasteiger charge is 2.07. The van der Waals surface area contributed by atoms with Gasteiger partial charge in [-0.15, -0.1) is 0 Å². The maximum atomic E-state index is 7.41. The number of hydrogen-bond donors (Lipinski definition) is 2. The van der Waals surface area contributed by atoms with E-state index in [2.05, 4.69) is 34.7 Å². The van der Waals surface area contributed by atoms with E-state index in [4.69, 9.17) is 11.1 Å². The van der Waals surface area contributed by atoms with Crippen molar-refractivity contribution < 1.29 is 0 Å². The molecular formula is C12H18BrN3. The van der Waals surface area contributed by atoms with E-state index in [1.165, 1.54) is 5.69 Å². The first-order valence-electron chi connectivity index (χ1n) is 5.49. The summed E-state index contributed by atoms with van der Waals surface area (Å²) in [6, 6.07) is 5.93. The highest BCUT2D eigenvalue weighted by atomic mass is 79.9. The number of nitrogen functional groups attached to an aromatic ring is 1. The summed E-state index contributed by atoms with van der Waals surface area (Å²) in [7, 11) is 0. The molecule has 3 N–H and O–H groups in total. The average molecular weight is 284 g/mol. The van der Waals surface area contributed by atoms with Crippen molar-refractivity contribution in [3.8, 4) is 0 Å². The third-order valence-corrected chi connectivity index (χ3v) is 3.14. The summed E-state index contributed by atoms with van der Waals surface area (Å²) >= 11 is 3.45. The van der Waals surface area contributed by atoms with Crippen LogP contribution in [-0.4, -0.2) is 18.9 Å². The number of benzene rings is 1. The highest BCUT2D eigenvalue weighted by molar-refractivity contribution is 9.10. The first-order chi connectivity index (χ1) is 7.60. The Balaban J connectivity index is 2.99. The number of nitrogens with two attached hydrogens (primary N) is 1. The van der Waals surface area contributed by atoms with Crippen LogP contribution < -0.4 is 10.6 Å². The maximum Gasteiger partial charge on any atom is 0.123 e. The van der Waals surface area contributed by atoms with Gasteiger partial charge in [0.2, 0.25) is 0 Å². The summed E-state index contributed by atoms with van der Waals surface area (Å²) in [6.45, 7) is 6.34. The third kappa shape index (κ3) is 2.98. The fourth-order valence-corrected chi connectivity index (χ4v) is 2.24. The van der Waals surface area contributed by atoms with Crippen LogP contribution in [0.2, 0.25) is 0 Å². The van der Waals surface area contributed by atoms with Gasteiger partial charge in [0.15, 0.2) is 0 Å². The highest BCUT2D eigenvalue weighted by Crippen LogP contribution is 2.24. The topological polar surface area (TPSA) is 53.1 Å². The number of anilines is 1. The van der Waals surface area contributed by atoms with Crippen LogP contribution in [0.4, 0.5) is 5.69 Å². The first kappa shape index (κ1) is 13.0. The van der Waals surface area contributed by atoms with Crippen LogP contribution in [0.3, 0.4) is 0 Å². The molecule has 1 aromatic rings. The lowest BCUT2D eigenvalue weighted by molar-refractivity contribution is 0.791. The molecule has 3 nitrogen and oxygen atoms in total. The van der Waals surface area contributed by atoms with Crippen molar-refractivity contribution in [3.63, 3.8) is 0 Å². The van der Waals surface area contributed by atoms with Gasteiger partial charge in [-0.25, -0.2) is 0 Å². The predicted octanol–water partition coefficient (Wildman–Crippen LogP) is 2.97. The van der Waals surface area contributed by atoms with Gasteiger partial charge in [-0.3, -0.25) is 5.41 Å². The number of nitrogens with zero attached hydrogens (tertiary/aromatic N) is 1. The molecule has 1 rings (SSSR count). The fourth-order valence-electron chi connectivity index (χ4n) is 1.66. The predicted molar refractivity (Wildman–Crippen MR) is 73.3 cm³/mol. The van der Waals surface area contributed by atoms with Crippen molar-refractivity contribution in [3.05, 3.63) is 28.2 Å². The minimum atomic E-state index is 0.0944. The largest absolute Gasteiger partial charge is 0.384 e. The van der Waals surface area contributed by atoms with E-state index in [1.807, 2.05) is 18.2 Å². The van der Waals surface area contributed by atoms with Crippen LogP contribution in [0, 0.1) is 5.41 Å². The Morgan fingerprint density at radius 1 is 1.44 bits per heavy atom. The van der Waals surface area contributed by atoms with Gasteiger partial charge in [-0.1, -0.05) is 6.92 Å². The third-order valence-electron chi connectivity index (χ3n) is 2.48. The van der Waals surface area contributed by atoms with Crippen LogP contribution in [0.15, 0.2) is 22.7 Å². The Morgan fingerprint density at radius 3 is 2.56 bits per heavy atom. The van der Waals surface area contributed by atoms with Crippen molar-refractivity contribution in [1.29, 1.82) is 5.41 Å². The molecule has 0 unspecified atom stereocenters. The quantitative estimate of drug-likeness (QED) is 0.645. The number of halogens is 1. The standard InChI is InChI=1S/C12H18BrN3/c1-3-7-16(4-2)9-5-6-10(12(14)15)11(13)8-9/h5-6,8H,3-4,7H2,1-2H3,(H3,14,15). The molecule has 0 bridgehead atoms. The summed E-state index contributed by atoms with van der Waals surface area (Å²) in [5.41, 5.74) is 7.39. The van der Waals surface area contributed by atoms with E-state index >= 15 is 0 Å². The lowest BCUT2D eigenvalue weighted by Crippen LogP contribution is -2.23. The Bertz CT molecular complexity index is 377. The molecule has 0 spiro atoms. The molecule has 0 aliphatic carbocycles. The molecule has 0 saturated carbocycles. The van der Waals surface area contributed by atoms with Gasteiger partial charge in [-0.2, -0.15) is 0 Å². The molecule has 0 radical (unpaired) electrons. The number of hydrogen-bond acceptors (Lipinski definition) is 2. The summed E-state index contributed by atoms with van der Waals surface area (Å²) in [4.78, 5) is 2.30. The minimum absolute atomic E-state index is 0.0944. The summed E-state index contributed by atoms with van der Waals surface area (Å²) in [6.07, 6.45) is 1.12. The fraction of sp³-hybridized carbons (Fsp3) is 0.417. The Hall–Kier alpha value is -1.03. The van der Waals surface area contributed by atoms with Crippen LogP contribution in [0.1, 0.15) is 25.8 Å². The molecule has 0 aliphatic rings. The Labute approximate surface area is 105 Å². The van der Waals surface area contributed by atoms with Crippen LogP contribution in [0.5, 0.6) is 0 Å². The normalized spacial score (nSPS) is 10.2. The second kappa shape index (κ2) is 5.89. The number of rotatable bonds is 5. The van der Waals surface area contributed by atoms with E-state index in [1.54, 1.807) is 0 Å². The van der Waals surface area contributed by atoms with Crippen molar-refractivity contribution >= 4 is 27.5 Å². The van der Waals surface area contributed by atoms with Crippen molar-refractivity contribution in [2.24, 2.45) is 5.73 Å². The SMILES string of the molecule is CCCN(CC)c1ccc(C(=N)N)c(Br)c1. The first-order valence-corrected chi connectivity index (χ1v) is 6.28. The van der Waals surface area contributed by atoms with Crippen LogP contribution in [0.25, 0.3) is 0 Å². The molecule has 0 heterocycles. The van der Waals surface area contributed by atoms with E-state index in [0.717, 1.165) is 29.5 Å². The average Bonchev–Trinajstić information content (AvgIpc) is 2.25. The van der Waals surface area contributed by atoms with Gasteiger partial charge < -0.3 is 10.6 Å². The molecule has 88 valence electrons. The molecule has 0 saturated heterocycles. The monoisotopic (exact) mass is 283 g/mol. The van der Waals surface area contributed by atoms with Gasteiger partial charge in [0.05, 0.1) is 0 Å². The summed E-state index contributed by atoms with van der Waals surface area (Å²) in [5.74, 6) is 0.0944. The van der Waals surface area contributed by atoms with Crippen molar-refractivity contribution in [1.82, 2.24) is 0 Å².